The van der Waals surface area contributed by atoms with Crippen molar-refractivity contribution in [3.63, 3.8) is 0 Å². The maximum absolute atomic E-state index is 8.55. The van der Waals surface area contributed by atoms with E-state index in [0.29, 0.717) is 0 Å². The molecule has 0 amide bonds. The molecule has 0 radical (unpaired) electrons. The first kappa shape index (κ1) is 29.2. The SMILES string of the molecule is O=P([O-])([O-])[O-].O=[N+]([O-])O.[Ag+].[Ag+].[Ag+]. The summed E-state index contributed by atoms with van der Waals surface area (Å²) in [6.45, 7) is 0. The van der Waals surface area contributed by atoms with Crippen LogP contribution in [0.25, 0.3) is 0 Å². The first-order valence-corrected chi connectivity index (χ1v) is 2.76. The minimum Gasteiger partial charge on any atom is -0.822 e. The van der Waals surface area contributed by atoms with Gasteiger partial charge in [-0.1, -0.05) is 0 Å². The summed E-state index contributed by atoms with van der Waals surface area (Å²) in [4.78, 5) is 34.0. The molecule has 0 aliphatic carbocycles. The van der Waals surface area contributed by atoms with E-state index in [4.69, 9.17) is 34.6 Å². The summed E-state index contributed by atoms with van der Waals surface area (Å²) in [5, 5.41) is 13.6. The number of hydrogen-bond acceptors (Lipinski definition) is 6. The number of rotatable bonds is 0. The molecule has 0 aromatic carbocycles. The molecular formula is HAg3NO7P. The van der Waals surface area contributed by atoms with Gasteiger partial charge in [0.2, 0.25) is 0 Å². The predicted molar refractivity (Wildman–Crippen MR) is 16.4 cm³/mol. The van der Waals surface area contributed by atoms with Crippen molar-refractivity contribution in [2.24, 2.45) is 0 Å². The molecule has 0 aliphatic rings. The number of hydrogen-bond donors (Lipinski definition) is 1. The summed E-state index contributed by atoms with van der Waals surface area (Å²) in [6.07, 6.45) is 0. The summed E-state index contributed by atoms with van der Waals surface area (Å²) in [5.41, 5.74) is 0. The van der Waals surface area contributed by atoms with E-state index in [1.165, 1.54) is 0 Å². The van der Waals surface area contributed by atoms with Gasteiger partial charge in [-0.05, 0) is 0 Å². The average Bonchev–Trinajstić information content (AvgIpc) is 1.19. The van der Waals surface area contributed by atoms with Crippen molar-refractivity contribution in [1.29, 1.82) is 0 Å². The topological polar surface area (TPSA) is 150 Å². The smallest absolute Gasteiger partial charge is 0.822 e. The van der Waals surface area contributed by atoms with Crippen LogP contribution in [0.15, 0.2) is 0 Å². The fourth-order valence-electron chi connectivity index (χ4n) is 0. The third kappa shape index (κ3) is 546. The largest absolute Gasteiger partial charge is 1.00 e. The van der Waals surface area contributed by atoms with Crippen LogP contribution in [0.5, 0.6) is 0 Å². The minimum atomic E-state index is -5.39. The Labute approximate surface area is 114 Å². The molecule has 0 unspecified atom stereocenters. The van der Waals surface area contributed by atoms with E-state index in [9.17, 15) is 0 Å². The van der Waals surface area contributed by atoms with Crippen LogP contribution in [-0.2, 0) is 71.7 Å². The third-order valence-electron chi connectivity index (χ3n) is 0. The fraction of sp³-hybridized carbons (Fsp3) is 0. The number of phosphoric acid groups is 1. The van der Waals surface area contributed by atoms with E-state index >= 15 is 0 Å². The maximum atomic E-state index is 8.55. The van der Waals surface area contributed by atoms with Gasteiger partial charge in [0.05, 0.1) is 0 Å². The monoisotopic (exact) mass is 479 g/mol. The molecular weight excluding hydrogens is 481 g/mol. The molecule has 12 heavy (non-hydrogen) atoms. The van der Waals surface area contributed by atoms with Crippen molar-refractivity contribution < 1.29 is 96.7 Å². The molecule has 8 nitrogen and oxygen atoms in total. The molecule has 0 atom stereocenters. The summed E-state index contributed by atoms with van der Waals surface area (Å²) in [6, 6.07) is 0. The Bertz CT molecular complexity index is 118. The second kappa shape index (κ2) is 15.0. The van der Waals surface area contributed by atoms with Crippen molar-refractivity contribution in [3.8, 4) is 0 Å². The molecule has 12 heteroatoms. The van der Waals surface area contributed by atoms with Crippen LogP contribution in [0.3, 0.4) is 0 Å². The van der Waals surface area contributed by atoms with Crippen molar-refractivity contribution in [1.82, 2.24) is 0 Å². The van der Waals surface area contributed by atoms with Crippen molar-refractivity contribution in [2.75, 3.05) is 0 Å². The third-order valence-corrected chi connectivity index (χ3v) is 0. The molecule has 0 rings (SSSR count). The summed E-state index contributed by atoms with van der Waals surface area (Å²) in [5.74, 6) is 0. The summed E-state index contributed by atoms with van der Waals surface area (Å²) in [7, 11) is -5.39. The van der Waals surface area contributed by atoms with Crippen LogP contribution < -0.4 is 14.7 Å². The normalized spacial score (nSPS) is 6.92. The van der Waals surface area contributed by atoms with E-state index in [1.807, 2.05) is 0 Å². The van der Waals surface area contributed by atoms with Crippen LogP contribution in [0, 0.1) is 10.1 Å². The zero-order valence-electron chi connectivity index (χ0n) is 4.70. The fourth-order valence-corrected chi connectivity index (χ4v) is 0. The molecule has 0 aliphatic heterocycles. The van der Waals surface area contributed by atoms with Gasteiger partial charge in [-0.3, -0.25) is 0 Å². The van der Waals surface area contributed by atoms with Gasteiger partial charge in [0.25, 0.3) is 5.09 Å². The molecule has 86 valence electrons. The predicted octanol–water partition coefficient (Wildman–Crippen LogP) is -3.18. The Kier molecular flexibility index (Phi) is 36.6. The van der Waals surface area contributed by atoms with Crippen LogP contribution in [0.2, 0.25) is 0 Å². The van der Waals surface area contributed by atoms with E-state index < -0.39 is 12.9 Å². The van der Waals surface area contributed by atoms with Crippen molar-refractivity contribution >= 4 is 7.82 Å². The Morgan fingerprint density at radius 3 is 1.08 bits per heavy atom. The van der Waals surface area contributed by atoms with Crippen LogP contribution in [-0.4, -0.2) is 10.3 Å². The van der Waals surface area contributed by atoms with Gasteiger partial charge < -0.3 is 24.5 Å². The van der Waals surface area contributed by atoms with Crippen LogP contribution >= 0.6 is 7.82 Å². The van der Waals surface area contributed by atoms with Gasteiger partial charge in [-0.25, -0.2) is 0 Å². The number of nitrogens with zero attached hydrogens (tertiary/aromatic N) is 1. The quantitative estimate of drug-likeness (QED) is 0.166. The van der Waals surface area contributed by atoms with E-state index in [-0.39, 0.29) is 67.1 Å². The Hall–Kier alpha value is 1.53. The second-order valence-corrected chi connectivity index (χ2v) is 1.58. The Balaban J connectivity index is -0.0000000221. The molecule has 0 saturated heterocycles. The molecule has 0 saturated carbocycles. The van der Waals surface area contributed by atoms with Crippen LogP contribution in [0.1, 0.15) is 0 Å². The molecule has 0 bridgehead atoms. The molecule has 1 N–H and O–H groups in total. The second-order valence-electron chi connectivity index (χ2n) is 0.685. The van der Waals surface area contributed by atoms with E-state index in [0.717, 1.165) is 0 Å². The van der Waals surface area contributed by atoms with Crippen LogP contribution in [0.4, 0.5) is 0 Å². The van der Waals surface area contributed by atoms with Gasteiger partial charge in [0.1, 0.15) is 0 Å². The van der Waals surface area contributed by atoms with Gasteiger partial charge in [0, 0.05) is 0 Å². The standard InChI is InChI=1S/3Ag.HNO3.H3O4P/c;;;2-1(3)4;1-5(2,3)4/h;;;(H,2,3,4);(H3,1,2,3,4)/q3*+1;;/p-3. The first-order chi connectivity index (χ1) is 3.73. The van der Waals surface area contributed by atoms with Gasteiger partial charge in [-0.2, -0.15) is 7.82 Å². The summed E-state index contributed by atoms with van der Waals surface area (Å²) < 4.78 is 8.55. The molecule has 0 spiro atoms. The zero-order chi connectivity index (χ0) is 8.08. The Morgan fingerprint density at radius 2 is 1.08 bits per heavy atom. The van der Waals surface area contributed by atoms with E-state index in [1.54, 1.807) is 0 Å². The first-order valence-electron chi connectivity index (χ1n) is 1.30. The maximum Gasteiger partial charge on any atom is 1.00 e. The van der Waals surface area contributed by atoms with Gasteiger partial charge >= 0.3 is 67.1 Å². The van der Waals surface area contributed by atoms with Gasteiger partial charge in [0.15, 0.2) is 0 Å². The van der Waals surface area contributed by atoms with Crippen molar-refractivity contribution in [2.45, 2.75) is 0 Å². The minimum absolute atomic E-state index is 0. The molecule has 0 aromatic heterocycles. The molecule has 0 fully saturated rings. The van der Waals surface area contributed by atoms with E-state index in [2.05, 4.69) is 0 Å². The molecule has 0 heterocycles. The Morgan fingerprint density at radius 1 is 1.08 bits per heavy atom. The van der Waals surface area contributed by atoms with Crippen molar-refractivity contribution in [3.05, 3.63) is 10.1 Å². The zero-order valence-corrected chi connectivity index (χ0v) is 10.0. The summed E-state index contributed by atoms with van der Waals surface area (Å²) >= 11 is 0. The average molecular weight is 482 g/mol. The molecule has 0 aromatic rings. The van der Waals surface area contributed by atoms with Gasteiger partial charge in [-0.15, -0.1) is 10.1 Å².